The van der Waals surface area contributed by atoms with E-state index in [1.54, 1.807) is 6.07 Å². The Kier molecular flexibility index (Phi) is 3.96. The number of nitrogens with zero attached hydrogens (tertiary/aromatic N) is 2. The maximum Gasteiger partial charge on any atom is 0.346 e. The van der Waals surface area contributed by atoms with Gasteiger partial charge in [0.1, 0.15) is 21.8 Å². The average Bonchev–Trinajstić information content (AvgIpc) is 3.43. The van der Waals surface area contributed by atoms with Crippen LogP contribution in [0.4, 0.5) is 5.69 Å². The predicted molar refractivity (Wildman–Crippen MR) is 123 cm³/mol. The van der Waals surface area contributed by atoms with Gasteiger partial charge in [0.15, 0.2) is 0 Å². The Bertz CT molecular complexity index is 1740. The van der Waals surface area contributed by atoms with Crippen molar-refractivity contribution in [3.8, 4) is 21.8 Å². The molecule has 6 rings (SSSR count). The van der Waals surface area contributed by atoms with Gasteiger partial charge in [-0.1, -0.05) is 18.2 Å². The van der Waals surface area contributed by atoms with Gasteiger partial charge in [-0.3, -0.25) is 10.1 Å². The van der Waals surface area contributed by atoms with Crippen molar-refractivity contribution in [1.82, 2.24) is 4.98 Å². The van der Waals surface area contributed by atoms with Crippen LogP contribution < -0.4 is 5.63 Å². The summed E-state index contributed by atoms with van der Waals surface area (Å²) in [6.45, 7) is 0. The van der Waals surface area contributed by atoms with Gasteiger partial charge in [0.05, 0.1) is 16.2 Å². The highest BCUT2D eigenvalue weighted by Gasteiger charge is 2.16. The first-order valence-corrected chi connectivity index (χ1v) is 10.5. The molecule has 0 spiro atoms. The molecule has 0 unspecified atom stereocenters. The van der Waals surface area contributed by atoms with Crippen LogP contribution in [-0.2, 0) is 0 Å². The molecule has 0 saturated heterocycles. The number of hydrogen-bond donors (Lipinski definition) is 0. The number of nitro benzene ring substituents is 1. The lowest BCUT2D eigenvalue weighted by molar-refractivity contribution is -0.384. The summed E-state index contributed by atoms with van der Waals surface area (Å²) in [4.78, 5) is 27.8. The molecule has 0 radical (unpaired) electrons. The van der Waals surface area contributed by atoms with Crippen LogP contribution in [0.15, 0.2) is 85.7 Å². The lowest BCUT2D eigenvalue weighted by atomic mass is 10.1. The Morgan fingerprint density at radius 1 is 0.875 bits per heavy atom. The second kappa shape index (κ2) is 6.86. The number of hydrogen-bond acceptors (Lipinski definition) is 7. The number of rotatable bonds is 3. The van der Waals surface area contributed by atoms with Crippen LogP contribution in [0.1, 0.15) is 0 Å². The monoisotopic (exact) mass is 440 g/mol. The van der Waals surface area contributed by atoms with Crippen molar-refractivity contribution in [1.29, 1.82) is 0 Å². The van der Waals surface area contributed by atoms with Gasteiger partial charge in [0.2, 0.25) is 0 Å². The quantitative estimate of drug-likeness (QED) is 0.180. The van der Waals surface area contributed by atoms with Crippen LogP contribution in [0.2, 0.25) is 0 Å². The van der Waals surface area contributed by atoms with Crippen molar-refractivity contribution in [2.45, 2.75) is 0 Å². The summed E-state index contributed by atoms with van der Waals surface area (Å²) in [7, 11) is 0. The van der Waals surface area contributed by atoms with Crippen molar-refractivity contribution in [3.63, 3.8) is 0 Å². The molecule has 7 nitrogen and oxygen atoms in total. The largest absolute Gasteiger partial charge is 0.456 e. The molecule has 32 heavy (non-hydrogen) atoms. The Morgan fingerprint density at radius 3 is 2.56 bits per heavy atom. The minimum atomic E-state index is -0.538. The van der Waals surface area contributed by atoms with Gasteiger partial charge < -0.3 is 8.83 Å². The summed E-state index contributed by atoms with van der Waals surface area (Å²) in [5.41, 5.74) is 3.18. The molecule has 0 bridgehead atoms. The minimum absolute atomic E-state index is 0.0715. The summed E-state index contributed by atoms with van der Waals surface area (Å²) in [6, 6.07) is 19.4. The van der Waals surface area contributed by atoms with E-state index in [4.69, 9.17) is 8.83 Å². The molecule has 0 aliphatic carbocycles. The van der Waals surface area contributed by atoms with E-state index < -0.39 is 10.5 Å². The second-order valence-corrected chi connectivity index (χ2v) is 8.13. The van der Waals surface area contributed by atoms with Crippen LogP contribution in [0.5, 0.6) is 0 Å². The van der Waals surface area contributed by atoms with E-state index in [1.165, 1.54) is 29.5 Å². The molecule has 8 heteroatoms. The SMILES string of the molecule is O=c1oc2ccc([N+](=O)[O-])cc2cc1-c1nc(-c2ccc3oc4ccccc4c3c2)cs1. The van der Waals surface area contributed by atoms with E-state index in [9.17, 15) is 14.9 Å². The first kappa shape index (κ1) is 18.5. The van der Waals surface area contributed by atoms with Crippen LogP contribution in [-0.4, -0.2) is 9.91 Å². The molecule has 0 saturated carbocycles. The summed E-state index contributed by atoms with van der Waals surface area (Å²) in [5, 5.41) is 15.9. The summed E-state index contributed by atoms with van der Waals surface area (Å²) < 4.78 is 11.2. The van der Waals surface area contributed by atoms with Gasteiger partial charge >= 0.3 is 5.63 Å². The van der Waals surface area contributed by atoms with Crippen molar-refractivity contribution >= 4 is 49.9 Å². The van der Waals surface area contributed by atoms with Gasteiger partial charge in [-0.25, -0.2) is 9.78 Å². The molecule has 0 aliphatic rings. The van der Waals surface area contributed by atoms with Crippen LogP contribution in [0, 0.1) is 10.1 Å². The number of non-ortho nitro benzene ring substituents is 1. The van der Waals surface area contributed by atoms with Crippen LogP contribution >= 0.6 is 11.3 Å². The lowest BCUT2D eigenvalue weighted by Crippen LogP contribution is -2.02. The van der Waals surface area contributed by atoms with Gasteiger partial charge in [-0.2, -0.15) is 0 Å². The molecule has 0 fully saturated rings. The van der Waals surface area contributed by atoms with Crippen LogP contribution in [0.3, 0.4) is 0 Å². The van der Waals surface area contributed by atoms with E-state index in [1.807, 2.05) is 47.8 Å². The smallest absolute Gasteiger partial charge is 0.346 e. The van der Waals surface area contributed by atoms with Gasteiger partial charge in [0.25, 0.3) is 5.69 Å². The fourth-order valence-corrected chi connectivity index (χ4v) is 4.62. The highest BCUT2D eigenvalue weighted by molar-refractivity contribution is 7.13. The Morgan fingerprint density at radius 2 is 1.69 bits per heavy atom. The fourth-order valence-electron chi connectivity index (χ4n) is 3.79. The summed E-state index contributed by atoms with van der Waals surface area (Å²) >= 11 is 1.31. The zero-order valence-corrected chi connectivity index (χ0v) is 17.1. The van der Waals surface area contributed by atoms with Gasteiger partial charge in [0, 0.05) is 39.2 Å². The first-order valence-electron chi connectivity index (χ1n) is 9.67. The number of nitro groups is 1. The summed E-state index contributed by atoms with van der Waals surface area (Å²) in [5.74, 6) is 0. The summed E-state index contributed by atoms with van der Waals surface area (Å²) in [6.07, 6.45) is 0. The normalized spacial score (nSPS) is 11.5. The van der Waals surface area contributed by atoms with E-state index >= 15 is 0 Å². The molecule has 3 aromatic carbocycles. The molecule has 3 aromatic heterocycles. The van der Waals surface area contributed by atoms with E-state index in [2.05, 4.69) is 4.98 Å². The standard InChI is InChI=1S/C24H12N2O5S/c27-24-18(11-14-9-15(26(28)29)6-8-20(14)31-24)23-25-19(12-32-23)13-5-7-22-17(10-13)16-3-1-2-4-21(16)30-22/h1-12H. The third-order valence-corrected chi connectivity index (χ3v) is 6.21. The molecule has 0 N–H and O–H groups in total. The van der Waals surface area contributed by atoms with Gasteiger partial charge in [-0.05, 0) is 36.4 Å². The fraction of sp³-hybridized carbons (Fsp3) is 0. The number of aromatic nitrogens is 1. The zero-order valence-electron chi connectivity index (χ0n) is 16.3. The molecular formula is C24H12N2O5S. The molecular weight excluding hydrogens is 428 g/mol. The number of para-hydroxylation sites is 1. The lowest BCUT2D eigenvalue weighted by Gasteiger charge is -2.00. The van der Waals surface area contributed by atoms with Crippen molar-refractivity contribution in [2.75, 3.05) is 0 Å². The Balaban J connectivity index is 1.46. The van der Waals surface area contributed by atoms with Crippen molar-refractivity contribution in [3.05, 3.63) is 92.6 Å². The third-order valence-electron chi connectivity index (χ3n) is 5.33. The number of thiazole rings is 1. The maximum absolute atomic E-state index is 12.5. The number of furan rings is 1. The molecule has 0 amide bonds. The second-order valence-electron chi connectivity index (χ2n) is 7.27. The highest BCUT2D eigenvalue weighted by atomic mass is 32.1. The van der Waals surface area contributed by atoms with E-state index in [0.29, 0.717) is 16.0 Å². The molecule has 0 aliphatic heterocycles. The molecule has 6 aromatic rings. The minimum Gasteiger partial charge on any atom is -0.456 e. The topological polar surface area (TPSA) is 99.4 Å². The number of fused-ring (bicyclic) bond motifs is 4. The van der Waals surface area contributed by atoms with Gasteiger partial charge in [-0.15, -0.1) is 11.3 Å². The van der Waals surface area contributed by atoms with E-state index in [-0.39, 0.29) is 11.3 Å². The molecule has 3 heterocycles. The third kappa shape index (κ3) is 2.89. The van der Waals surface area contributed by atoms with Crippen molar-refractivity contribution in [2.24, 2.45) is 0 Å². The van der Waals surface area contributed by atoms with Crippen LogP contribution in [0.25, 0.3) is 54.7 Å². The Hall–Kier alpha value is -4.30. The maximum atomic E-state index is 12.5. The average molecular weight is 440 g/mol. The molecule has 0 atom stereocenters. The van der Waals surface area contributed by atoms with Crippen molar-refractivity contribution < 1.29 is 13.8 Å². The van der Waals surface area contributed by atoms with E-state index in [0.717, 1.165) is 33.2 Å². The zero-order chi connectivity index (χ0) is 21.8. The predicted octanol–water partition coefficient (Wildman–Crippen LogP) is 6.39. The molecule has 154 valence electrons. The first-order chi connectivity index (χ1) is 15.6. The Labute approximate surface area is 183 Å². The number of benzene rings is 3. The highest BCUT2D eigenvalue weighted by Crippen LogP contribution is 2.34.